The maximum atomic E-state index is 12.3. The molecule has 29 heavy (non-hydrogen) atoms. The van der Waals surface area contributed by atoms with Crippen LogP contribution in [-0.4, -0.2) is 4.98 Å². The van der Waals surface area contributed by atoms with Gasteiger partial charge in [-0.15, -0.1) is 0 Å². The first kappa shape index (κ1) is 21.8. The molecular formula is C23H29Cl2N3O. The maximum Gasteiger partial charge on any atom is 0.356 e. The molecule has 1 aromatic heterocycles. The van der Waals surface area contributed by atoms with E-state index in [4.69, 9.17) is 23.2 Å². The lowest BCUT2D eigenvalue weighted by molar-refractivity contribution is -0.657. The van der Waals surface area contributed by atoms with Crippen LogP contribution in [-0.2, 0) is 13.1 Å². The van der Waals surface area contributed by atoms with Crippen molar-refractivity contribution >= 4 is 40.2 Å². The molecule has 0 saturated heterocycles. The highest BCUT2D eigenvalue weighted by atomic mass is 35.5. The Morgan fingerprint density at radius 2 is 1.72 bits per heavy atom. The minimum atomic E-state index is -0.182. The summed E-state index contributed by atoms with van der Waals surface area (Å²) in [6, 6.07) is 11.4. The number of aromatic nitrogens is 2. The largest absolute Gasteiger partial charge is 0.871 e. The van der Waals surface area contributed by atoms with Crippen molar-refractivity contribution in [3.05, 3.63) is 52.0 Å². The molecule has 0 saturated carbocycles. The van der Waals surface area contributed by atoms with Crippen molar-refractivity contribution in [2.75, 3.05) is 5.32 Å². The van der Waals surface area contributed by atoms with Gasteiger partial charge in [0.1, 0.15) is 11.0 Å². The summed E-state index contributed by atoms with van der Waals surface area (Å²) in [6.45, 7) is 3.54. The highest BCUT2D eigenvalue weighted by molar-refractivity contribution is 6.35. The summed E-state index contributed by atoms with van der Waals surface area (Å²) in [6.07, 6.45) is 8.91. The summed E-state index contributed by atoms with van der Waals surface area (Å²) in [4.78, 5) is 3.44. The second-order valence-electron chi connectivity index (χ2n) is 7.49. The van der Waals surface area contributed by atoms with Gasteiger partial charge in [0, 0.05) is 10.0 Å². The number of hydrogen-bond donors (Lipinski definition) is 2. The number of nitrogens with one attached hydrogen (secondary N) is 2. The van der Waals surface area contributed by atoms with Gasteiger partial charge in [-0.3, -0.25) is 5.32 Å². The fourth-order valence-electron chi connectivity index (χ4n) is 3.65. The third-order valence-electron chi connectivity index (χ3n) is 5.23. The van der Waals surface area contributed by atoms with Crippen LogP contribution < -0.4 is 15.0 Å². The van der Waals surface area contributed by atoms with Gasteiger partial charge in [0.2, 0.25) is 0 Å². The van der Waals surface area contributed by atoms with E-state index in [1.165, 1.54) is 44.6 Å². The Morgan fingerprint density at radius 3 is 2.52 bits per heavy atom. The fourth-order valence-corrected chi connectivity index (χ4v) is 4.19. The number of nitrogens with zero attached hydrogens (tertiary/aromatic N) is 1. The quantitative estimate of drug-likeness (QED) is 0.279. The Balaban J connectivity index is 1.68. The van der Waals surface area contributed by atoms with Crippen LogP contribution in [0, 0.1) is 0 Å². The molecule has 0 aliphatic rings. The molecule has 0 amide bonds. The number of halogens is 2. The number of aromatic amines is 1. The van der Waals surface area contributed by atoms with Crippen LogP contribution in [0.15, 0.2) is 36.4 Å². The van der Waals surface area contributed by atoms with Gasteiger partial charge in [-0.25, -0.2) is 9.55 Å². The van der Waals surface area contributed by atoms with Crippen molar-refractivity contribution in [3.8, 4) is 5.75 Å². The Hall–Kier alpha value is -1.91. The number of para-hydroxylation sites is 2. The first-order chi connectivity index (χ1) is 14.1. The number of rotatable bonds is 11. The van der Waals surface area contributed by atoms with Gasteiger partial charge in [0.05, 0.1) is 13.1 Å². The summed E-state index contributed by atoms with van der Waals surface area (Å²) in [7, 11) is 0. The minimum Gasteiger partial charge on any atom is -0.871 e. The molecule has 3 rings (SSSR count). The Morgan fingerprint density at radius 1 is 1.00 bits per heavy atom. The molecule has 0 aliphatic carbocycles. The average Bonchev–Trinajstić information content (AvgIpc) is 3.06. The van der Waals surface area contributed by atoms with E-state index in [1.807, 2.05) is 12.1 Å². The van der Waals surface area contributed by atoms with Gasteiger partial charge < -0.3 is 5.11 Å². The highest BCUT2D eigenvalue weighted by Gasteiger charge is 2.17. The van der Waals surface area contributed by atoms with Crippen molar-refractivity contribution in [2.45, 2.75) is 65.0 Å². The minimum absolute atomic E-state index is 0.155. The zero-order valence-electron chi connectivity index (χ0n) is 16.9. The number of hydrogen-bond acceptors (Lipinski definition) is 2. The van der Waals surface area contributed by atoms with Gasteiger partial charge in [-0.1, -0.05) is 86.5 Å². The molecule has 2 N–H and O–H groups in total. The van der Waals surface area contributed by atoms with Crippen molar-refractivity contribution in [1.82, 2.24) is 4.98 Å². The van der Waals surface area contributed by atoms with E-state index >= 15 is 0 Å². The normalized spacial score (nSPS) is 11.3. The number of imidazole rings is 1. The van der Waals surface area contributed by atoms with Crippen LogP contribution in [0.25, 0.3) is 11.0 Å². The van der Waals surface area contributed by atoms with Crippen LogP contribution in [0.1, 0.15) is 57.4 Å². The van der Waals surface area contributed by atoms with E-state index in [2.05, 4.69) is 33.9 Å². The van der Waals surface area contributed by atoms with E-state index in [9.17, 15) is 5.11 Å². The molecule has 0 spiro atoms. The van der Waals surface area contributed by atoms with Crippen LogP contribution in [0.3, 0.4) is 0 Å². The van der Waals surface area contributed by atoms with E-state index in [0.29, 0.717) is 17.1 Å². The summed E-state index contributed by atoms with van der Waals surface area (Å²) >= 11 is 12.1. The lowest BCUT2D eigenvalue weighted by Crippen LogP contribution is -2.36. The van der Waals surface area contributed by atoms with Crippen molar-refractivity contribution in [1.29, 1.82) is 0 Å². The lowest BCUT2D eigenvalue weighted by Gasteiger charge is -2.15. The number of fused-ring (bicyclic) bond motifs is 1. The molecule has 156 valence electrons. The van der Waals surface area contributed by atoms with Crippen LogP contribution in [0.4, 0.5) is 5.95 Å². The zero-order chi connectivity index (χ0) is 20.6. The SMILES string of the molecule is CCCCCCCCC[n+]1c(NCc2cc(Cl)cc(Cl)c2[O-])[nH]c2ccccc21. The van der Waals surface area contributed by atoms with E-state index < -0.39 is 0 Å². The van der Waals surface area contributed by atoms with Crippen LogP contribution in [0.2, 0.25) is 10.0 Å². The van der Waals surface area contributed by atoms with Crippen molar-refractivity contribution < 1.29 is 9.67 Å². The van der Waals surface area contributed by atoms with Gasteiger partial charge >= 0.3 is 5.95 Å². The van der Waals surface area contributed by atoms with Crippen molar-refractivity contribution in [3.63, 3.8) is 0 Å². The van der Waals surface area contributed by atoms with E-state index in [1.54, 1.807) is 6.07 Å². The van der Waals surface area contributed by atoms with Crippen molar-refractivity contribution in [2.24, 2.45) is 0 Å². The molecule has 2 aromatic carbocycles. The molecule has 0 radical (unpaired) electrons. The number of H-pyrrole nitrogens is 1. The summed E-state index contributed by atoms with van der Waals surface area (Å²) in [5.41, 5.74) is 2.79. The third kappa shape index (κ3) is 5.80. The summed E-state index contributed by atoms with van der Waals surface area (Å²) in [5.74, 6) is 0.714. The highest BCUT2D eigenvalue weighted by Crippen LogP contribution is 2.29. The zero-order valence-corrected chi connectivity index (χ0v) is 18.5. The molecule has 1 heterocycles. The molecule has 3 aromatic rings. The standard InChI is InChI=1S/C23H29Cl2N3O/c1-2-3-4-5-6-7-10-13-28-21-12-9-8-11-20(21)27-23(28)26-16-17-14-18(24)15-19(25)22(17)29/h8-9,11-12,14-15H,2-7,10,13,16H2,1H3,(H2,26,27,29). The fraction of sp³-hybridized carbons (Fsp3) is 0.435. The molecule has 0 aliphatic heterocycles. The molecular weight excluding hydrogens is 405 g/mol. The predicted molar refractivity (Wildman–Crippen MR) is 120 cm³/mol. The smallest absolute Gasteiger partial charge is 0.356 e. The summed E-state index contributed by atoms with van der Waals surface area (Å²) in [5, 5.41) is 16.3. The lowest BCUT2D eigenvalue weighted by atomic mass is 10.1. The van der Waals surface area contributed by atoms with Gasteiger partial charge in [0.15, 0.2) is 0 Å². The Kier molecular flexibility index (Phi) is 8.08. The number of anilines is 1. The molecule has 0 unspecified atom stereocenters. The van der Waals surface area contributed by atoms with E-state index in [0.717, 1.165) is 29.9 Å². The first-order valence-corrected chi connectivity index (χ1v) is 11.2. The molecule has 4 nitrogen and oxygen atoms in total. The van der Waals surface area contributed by atoms with Gasteiger partial charge in [-0.2, -0.15) is 0 Å². The molecule has 6 heteroatoms. The molecule has 0 atom stereocenters. The number of benzene rings is 2. The maximum absolute atomic E-state index is 12.3. The Bertz CT molecular complexity index is 939. The monoisotopic (exact) mass is 433 g/mol. The average molecular weight is 434 g/mol. The second kappa shape index (κ2) is 10.7. The third-order valence-corrected chi connectivity index (χ3v) is 5.73. The predicted octanol–water partition coefficient (Wildman–Crippen LogP) is 6.20. The van der Waals surface area contributed by atoms with E-state index in [-0.39, 0.29) is 10.8 Å². The Labute approximate surface area is 182 Å². The summed E-state index contributed by atoms with van der Waals surface area (Å²) < 4.78 is 2.26. The number of aryl methyl sites for hydroxylation is 1. The first-order valence-electron chi connectivity index (χ1n) is 10.5. The molecule has 0 bridgehead atoms. The topological polar surface area (TPSA) is 54.8 Å². The second-order valence-corrected chi connectivity index (χ2v) is 8.34. The number of unbranched alkanes of at least 4 members (excludes halogenated alkanes) is 6. The molecule has 0 fully saturated rings. The van der Waals surface area contributed by atoms with Gasteiger partial charge in [-0.05, 0) is 36.2 Å². The van der Waals surface area contributed by atoms with Crippen LogP contribution in [0.5, 0.6) is 5.75 Å². The van der Waals surface area contributed by atoms with Crippen LogP contribution >= 0.6 is 23.2 Å². The van der Waals surface area contributed by atoms with Gasteiger partial charge in [0.25, 0.3) is 0 Å².